The molecule has 7 nitrogen and oxygen atoms in total. The van der Waals surface area contributed by atoms with E-state index in [1.165, 1.54) is 32.0 Å². The maximum absolute atomic E-state index is 12.8. The van der Waals surface area contributed by atoms with Gasteiger partial charge >= 0.3 is 6.61 Å². The lowest BCUT2D eigenvalue weighted by Crippen LogP contribution is -2.39. The predicted molar refractivity (Wildman–Crippen MR) is 111 cm³/mol. The monoisotopic (exact) mass is 426 g/mol. The molecule has 0 spiro atoms. The van der Waals surface area contributed by atoms with Crippen LogP contribution >= 0.6 is 0 Å². The van der Waals surface area contributed by atoms with Gasteiger partial charge in [-0.05, 0) is 57.8 Å². The summed E-state index contributed by atoms with van der Waals surface area (Å²) in [5, 5.41) is 6.56. The number of aliphatic imine (C=N–C) groups is 1. The minimum absolute atomic E-state index is 0.0523. The zero-order valence-electron chi connectivity index (χ0n) is 17.8. The van der Waals surface area contributed by atoms with E-state index in [2.05, 4.69) is 32.2 Å². The number of benzene rings is 1. The molecule has 0 atom stereocenters. The van der Waals surface area contributed by atoms with Crippen LogP contribution in [0.1, 0.15) is 38.7 Å². The van der Waals surface area contributed by atoms with E-state index in [0.717, 1.165) is 25.4 Å². The zero-order chi connectivity index (χ0) is 21.3. The number of alkyl halides is 2. The summed E-state index contributed by atoms with van der Waals surface area (Å²) in [6, 6.07) is 3.08. The van der Waals surface area contributed by atoms with Crippen molar-refractivity contribution in [1.82, 2.24) is 15.5 Å². The third-order valence-electron chi connectivity index (χ3n) is 5.52. The number of guanidine groups is 1. The first kappa shape index (κ1) is 22.4. The molecular formula is C21H32F2N4O3. The maximum Gasteiger partial charge on any atom is 0.387 e. The Morgan fingerprint density at radius 1 is 1.20 bits per heavy atom. The summed E-state index contributed by atoms with van der Waals surface area (Å²) in [6.45, 7) is 6.53. The van der Waals surface area contributed by atoms with Crippen molar-refractivity contribution in [3.8, 4) is 17.2 Å². The van der Waals surface area contributed by atoms with Crippen LogP contribution in [-0.2, 0) is 6.54 Å². The van der Waals surface area contributed by atoms with Gasteiger partial charge in [0.1, 0.15) is 5.75 Å². The van der Waals surface area contributed by atoms with E-state index in [1.807, 2.05) is 6.92 Å². The molecule has 1 aromatic carbocycles. The van der Waals surface area contributed by atoms with Crippen LogP contribution in [0.25, 0.3) is 0 Å². The highest BCUT2D eigenvalue weighted by Crippen LogP contribution is 2.39. The molecular weight excluding hydrogens is 394 g/mol. The second-order valence-corrected chi connectivity index (χ2v) is 7.48. The molecule has 9 heteroatoms. The molecule has 0 aromatic heterocycles. The van der Waals surface area contributed by atoms with Gasteiger partial charge in [-0.2, -0.15) is 8.78 Å². The standard InChI is InChI=1S/C21H32F2N4O3/c1-3-24-21(25-8-5-15-6-9-27(4-2)10-7-15)26-13-16-11-18-19(29-14-28-18)12-17(16)30-20(22)23/h11-12,15,20H,3-10,13-14H2,1-2H3,(H2,24,25,26). The average molecular weight is 427 g/mol. The molecule has 30 heavy (non-hydrogen) atoms. The number of likely N-dealkylation sites (tertiary alicyclic amines) is 1. The van der Waals surface area contributed by atoms with E-state index in [0.29, 0.717) is 29.6 Å². The van der Waals surface area contributed by atoms with Gasteiger partial charge in [-0.1, -0.05) is 6.92 Å². The first-order chi connectivity index (χ1) is 14.6. The topological polar surface area (TPSA) is 67.4 Å². The van der Waals surface area contributed by atoms with Gasteiger partial charge in [0.25, 0.3) is 0 Å². The van der Waals surface area contributed by atoms with Crippen LogP contribution in [0.4, 0.5) is 8.78 Å². The lowest BCUT2D eigenvalue weighted by Gasteiger charge is -2.31. The average Bonchev–Trinajstić information content (AvgIpc) is 3.19. The molecule has 168 valence electrons. The third-order valence-corrected chi connectivity index (χ3v) is 5.52. The molecule has 1 fully saturated rings. The quantitative estimate of drug-likeness (QED) is 0.467. The van der Waals surface area contributed by atoms with Crippen molar-refractivity contribution in [3.05, 3.63) is 17.7 Å². The number of ether oxygens (including phenoxy) is 3. The van der Waals surface area contributed by atoms with Gasteiger partial charge in [0.2, 0.25) is 6.79 Å². The van der Waals surface area contributed by atoms with Crippen molar-refractivity contribution in [2.75, 3.05) is 39.5 Å². The molecule has 3 rings (SSSR count). The minimum atomic E-state index is -2.92. The van der Waals surface area contributed by atoms with Crippen LogP contribution < -0.4 is 24.8 Å². The largest absolute Gasteiger partial charge is 0.454 e. The lowest BCUT2D eigenvalue weighted by atomic mass is 9.93. The van der Waals surface area contributed by atoms with E-state index in [-0.39, 0.29) is 19.1 Å². The van der Waals surface area contributed by atoms with Crippen LogP contribution in [-0.4, -0.2) is 57.0 Å². The first-order valence-electron chi connectivity index (χ1n) is 10.7. The highest BCUT2D eigenvalue weighted by molar-refractivity contribution is 5.79. The van der Waals surface area contributed by atoms with Gasteiger partial charge in [-0.15, -0.1) is 0 Å². The van der Waals surface area contributed by atoms with Crippen molar-refractivity contribution < 1.29 is 23.0 Å². The van der Waals surface area contributed by atoms with Gasteiger partial charge in [0.05, 0.1) is 6.54 Å². The summed E-state index contributed by atoms with van der Waals surface area (Å²) >= 11 is 0. The van der Waals surface area contributed by atoms with E-state index in [9.17, 15) is 8.78 Å². The Morgan fingerprint density at radius 3 is 2.60 bits per heavy atom. The Labute approximate surface area is 176 Å². The molecule has 1 saturated heterocycles. The highest BCUT2D eigenvalue weighted by Gasteiger charge is 2.20. The fourth-order valence-corrected chi connectivity index (χ4v) is 3.79. The van der Waals surface area contributed by atoms with Crippen LogP contribution in [0.3, 0.4) is 0 Å². The van der Waals surface area contributed by atoms with Crippen LogP contribution in [0, 0.1) is 5.92 Å². The van der Waals surface area contributed by atoms with Crippen LogP contribution in [0.2, 0.25) is 0 Å². The Morgan fingerprint density at radius 2 is 1.93 bits per heavy atom. The fraction of sp³-hybridized carbons (Fsp3) is 0.667. The molecule has 2 N–H and O–H groups in total. The molecule has 2 aliphatic heterocycles. The van der Waals surface area contributed by atoms with Crippen molar-refractivity contribution in [2.24, 2.45) is 10.9 Å². The van der Waals surface area contributed by atoms with Crippen molar-refractivity contribution in [2.45, 2.75) is 46.3 Å². The zero-order valence-corrected chi connectivity index (χ0v) is 17.8. The fourth-order valence-electron chi connectivity index (χ4n) is 3.79. The number of fused-ring (bicyclic) bond motifs is 1. The smallest absolute Gasteiger partial charge is 0.387 e. The number of nitrogens with zero attached hydrogens (tertiary/aromatic N) is 2. The number of hydrogen-bond donors (Lipinski definition) is 2. The molecule has 0 radical (unpaired) electrons. The molecule has 0 unspecified atom stereocenters. The normalized spacial score (nSPS) is 17.4. The summed E-state index contributed by atoms with van der Waals surface area (Å²) in [5.41, 5.74) is 0.517. The molecule has 2 aliphatic rings. The Balaban J connectivity index is 1.57. The molecule has 0 aliphatic carbocycles. The van der Waals surface area contributed by atoms with Gasteiger partial charge in [-0.25, -0.2) is 4.99 Å². The van der Waals surface area contributed by atoms with E-state index < -0.39 is 6.61 Å². The van der Waals surface area contributed by atoms with Gasteiger partial charge in [0, 0.05) is 24.7 Å². The van der Waals surface area contributed by atoms with Crippen molar-refractivity contribution >= 4 is 5.96 Å². The van der Waals surface area contributed by atoms with Crippen LogP contribution in [0.5, 0.6) is 17.2 Å². The number of hydrogen-bond acceptors (Lipinski definition) is 5. The second-order valence-electron chi connectivity index (χ2n) is 7.48. The maximum atomic E-state index is 12.8. The summed E-state index contributed by atoms with van der Waals surface area (Å²) in [6.07, 6.45) is 3.55. The summed E-state index contributed by atoms with van der Waals surface area (Å²) in [4.78, 5) is 7.04. The second kappa shape index (κ2) is 11.2. The van der Waals surface area contributed by atoms with Gasteiger partial charge in [0.15, 0.2) is 17.5 Å². The van der Waals surface area contributed by atoms with E-state index in [4.69, 9.17) is 9.47 Å². The lowest BCUT2D eigenvalue weighted by molar-refractivity contribution is -0.0505. The summed E-state index contributed by atoms with van der Waals surface area (Å²) in [5.74, 6) is 2.35. The molecule has 0 saturated carbocycles. The Hall–Kier alpha value is -2.29. The molecule has 0 amide bonds. The van der Waals surface area contributed by atoms with Crippen molar-refractivity contribution in [3.63, 3.8) is 0 Å². The van der Waals surface area contributed by atoms with Gasteiger partial charge < -0.3 is 29.7 Å². The number of nitrogens with one attached hydrogen (secondary N) is 2. The Bertz CT molecular complexity index is 710. The molecule has 2 heterocycles. The van der Waals surface area contributed by atoms with Crippen molar-refractivity contribution in [1.29, 1.82) is 0 Å². The first-order valence-corrected chi connectivity index (χ1v) is 10.7. The molecule has 0 bridgehead atoms. The SMILES string of the molecule is CCNC(=NCc1cc2c(cc1OC(F)F)OCO2)NCCC1CCN(CC)CC1. The summed E-state index contributed by atoms with van der Waals surface area (Å²) < 4.78 is 40.9. The third kappa shape index (κ3) is 6.35. The Kier molecular flexibility index (Phi) is 8.36. The van der Waals surface area contributed by atoms with E-state index >= 15 is 0 Å². The minimum Gasteiger partial charge on any atom is -0.454 e. The van der Waals surface area contributed by atoms with E-state index in [1.54, 1.807) is 6.07 Å². The predicted octanol–water partition coefficient (Wildman–Crippen LogP) is 3.19. The highest BCUT2D eigenvalue weighted by atomic mass is 19.3. The summed E-state index contributed by atoms with van der Waals surface area (Å²) in [7, 11) is 0. The number of rotatable bonds is 9. The molecule has 1 aromatic rings. The number of halogens is 2. The van der Waals surface area contributed by atoms with Gasteiger partial charge in [-0.3, -0.25) is 0 Å². The van der Waals surface area contributed by atoms with Crippen LogP contribution in [0.15, 0.2) is 17.1 Å². The number of piperidine rings is 1.